The highest BCUT2D eigenvalue weighted by Crippen LogP contribution is 2.33. The quantitative estimate of drug-likeness (QED) is 0.318. The molecule has 0 aliphatic rings. The summed E-state index contributed by atoms with van der Waals surface area (Å²) < 4.78 is 0. The van der Waals surface area contributed by atoms with Crippen LogP contribution in [-0.4, -0.2) is 34.0 Å². The standard InChI is InChI=1S/C12H14N4O6/c13-6-15-8(17)4-12(11(21)22,3-1-2-10(19)20)5-9(18)16-7-14/h1-5H2,(H,15,17)(H,16,18)(H,19,20)(H,21,22). The molecule has 0 saturated heterocycles. The van der Waals surface area contributed by atoms with E-state index in [9.17, 15) is 24.3 Å². The van der Waals surface area contributed by atoms with Crippen molar-refractivity contribution in [2.75, 3.05) is 0 Å². The fourth-order valence-corrected chi connectivity index (χ4v) is 1.90. The van der Waals surface area contributed by atoms with Crippen LogP contribution in [0.2, 0.25) is 0 Å². The highest BCUT2D eigenvalue weighted by atomic mass is 16.4. The number of carboxylic acid groups (broad SMARTS) is 2. The van der Waals surface area contributed by atoms with Crippen molar-refractivity contribution in [3.8, 4) is 12.4 Å². The van der Waals surface area contributed by atoms with Crippen LogP contribution in [0.3, 0.4) is 0 Å². The summed E-state index contributed by atoms with van der Waals surface area (Å²) in [5.41, 5.74) is -1.89. The Morgan fingerprint density at radius 2 is 1.41 bits per heavy atom. The van der Waals surface area contributed by atoms with Gasteiger partial charge in [-0.15, -0.1) is 0 Å². The van der Waals surface area contributed by atoms with E-state index in [0.29, 0.717) is 0 Å². The van der Waals surface area contributed by atoms with Crippen molar-refractivity contribution in [2.24, 2.45) is 5.41 Å². The Morgan fingerprint density at radius 1 is 0.955 bits per heavy atom. The molecule has 10 nitrogen and oxygen atoms in total. The number of carbonyl (C=O) groups excluding carboxylic acids is 2. The summed E-state index contributed by atoms with van der Waals surface area (Å²) in [7, 11) is 0. The van der Waals surface area contributed by atoms with E-state index in [0.717, 1.165) is 0 Å². The zero-order valence-electron chi connectivity index (χ0n) is 11.5. The van der Waals surface area contributed by atoms with E-state index >= 15 is 0 Å². The highest BCUT2D eigenvalue weighted by molar-refractivity contribution is 5.90. The molecule has 4 N–H and O–H groups in total. The molecule has 0 fully saturated rings. The first-order valence-electron chi connectivity index (χ1n) is 6.08. The molecule has 0 aromatic rings. The minimum atomic E-state index is -1.89. The highest BCUT2D eigenvalue weighted by Gasteiger charge is 2.42. The summed E-state index contributed by atoms with van der Waals surface area (Å²) in [5, 5.41) is 38.2. The largest absolute Gasteiger partial charge is 0.481 e. The molecule has 0 aromatic heterocycles. The molecule has 0 aromatic carbocycles. The molecule has 0 radical (unpaired) electrons. The molecule has 0 spiro atoms. The van der Waals surface area contributed by atoms with Crippen LogP contribution >= 0.6 is 0 Å². The number of aliphatic carboxylic acids is 2. The van der Waals surface area contributed by atoms with Gasteiger partial charge in [0, 0.05) is 19.3 Å². The number of hydrogen-bond donors (Lipinski definition) is 4. The molecule has 10 heteroatoms. The number of nitrogens with one attached hydrogen (secondary N) is 2. The van der Waals surface area contributed by atoms with E-state index in [1.54, 1.807) is 10.6 Å². The molecule has 0 aliphatic heterocycles. The predicted octanol–water partition coefficient (Wildman–Crippen LogP) is -0.713. The maximum atomic E-state index is 11.5. The van der Waals surface area contributed by atoms with Gasteiger partial charge in [0.2, 0.25) is 11.8 Å². The Morgan fingerprint density at radius 3 is 1.73 bits per heavy atom. The minimum Gasteiger partial charge on any atom is -0.481 e. The van der Waals surface area contributed by atoms with Crippen molar-refractivity contribution in [3.63, 3.8) is 0 Å². The van der Waals surface area contributed by atoms with E-state index in [4.69, 9.17) is 15.6 Å². The molecule has 0 rings (SSSR count). The molecule has 0 aliphatic carbocycles. The van der Waals surface area contributed by atoms with Gasteiger partial charge in [0.25, 0.3) is 0 Å². The van der Waals surface area contributed by atoms with Gasteiger partial charge < -0.3 is 10.2 Å². The first kappa shape index (κ1) is 18.9. The predicted molar refractivity (Wildman–Crippen MR) is 68.3 cm³/mol. The van der Waals surface area contributed by atoms with Gasteiger partial charge in [0.1, 0.15) is 0 Å². The number of hydrogen-bond acceptors (Lipinski definition) is 6. The van der Waals surface area contributed by atoms with Crippen molar-refractivity contribution in [1.29, 1.82) is 10.5 Å². The second-order valence-corrected chi connectivity index (χ2v) is 4.51. The van der Waals surface area contributed by atoms with Gasteiger partial charge in [-0.1, -0.05) is 0 Å². The van der Waals surface area contributed by atoms with Crippen molar-refractivity contribution in [3.05, 3.63) is 0 Å². The van der Waals surface area contributed by atoms with Gasteiger partial charge in [0.05, 0.1) is 5.41 Å². The SMILES string of the molecule is N#CNC(=O)CC(CCCC(=O)O)(CC(=O)NC#N)C(=O)O. The van der Waals surface area contributed by atoms with Crippen molar-refractivity contribution >= 4 is 23.8 Å². The summed E-state index contributed by atoms with van der Waals surface area (Å²) in [4.78, 5) is 45.0. The van der Waals surface area contributed by atoms with Crippen LogP contribution < -0.4 is 10.6 Å². The normalized spacial score (nSPS) is 9.91. The summed E-state index contributed by atoms with van der Waals surface area (Å²) >= 11 is 0. The molecule has 2 amide bonds. The summed E-state index contributed by atoms with van der Waals surface area (Å²) in [5.74, 6) is -4.46. The molecule has 118 valence electrons. The Labute approximate surface area is 125 Å². The zero-order valence-corrected chi connectivity index (χ0v) is 11.5. The Bertz CT molecular complexity index is 515. The molecular formula is C12H14N4O6. The molecule has 0 saturated carbocycles. The first-order chi connectivity index (χ1) is 10.3. The van der Waals surface area contributed by atoms with Crippen LogP contribution in [0.4, 0.5) is 0 Å². The van der Waals surface area contributed by atoms with Crippen molar-refractivity contribution in [1.82, 2.24) is 10.6 Å². The first-order valence-corrected chi connectivity index (χ1v) is 6.08. The fraction of sp³-hybridized carbons (Fsp3) is 0.500. The number of rotatable bonds is 9. The second kappa shape index (κ2) is 8.92. The Balaban J connectivity index is 5.26. The Hall–Kier alpha value is -3.14. The summed E-state index contributed by atoms with van der Waals surface area (Å²) in [6.45, 7) is 0. The lowest BCUT2D eigenvalue weighted by molar-refractivity contribution is -0.155. The molecule has 0 heterocycles. The molecule has 22 heavy (non-hydrogen) atoms. The van der Waals surface area contributed by atoms with Crippen molar-refractivity contribution < 1.29 is 29.4 Å². The summed E-state index contributed by atoms with van der Waals surface area (Å²) in [6.07, 6.45) is 0.620. The summed E-state index contributed by atoms with van der Waals surface area (Å²) in [6, 6.07) is 0. The fourth-order valence-electron chi connectivity index (χ4n) is 1.90. The number of amides is 2. The van der Waals surface area contributed by atoms with Gasteiger partial charge in [-0.3, -0.25) is 29.8 Å². The average molecular weight is 310 g/mol. The number of carboxylic acids is 2. The third-order valence-electron chi connectivity index (χ3n) is 2.89. The minimum absolute atomic E-state index is 0.0820. The lowest BCUT2D eigenvalue weighted by atomic mass is 9.76. The monoisotopic (exact) mass is 310 g/mol. The smallest absolute Gasteiger partial charge is 0.310 e. The van der Waals surface area contributed by atoms with Crippen molar-refractivity contribution in [2.45, 2.75) is 32.1 Å². The van der Waals surface area contributed by atoms with Crippen LogP contribution in [-0.2, 0) is 19.2 Å². The third kappa shape index (κ3) is 6.34. The van der Waals surface area contributed by atoms with Gasteiger partial charge in [-0.2, -0.15) is 10.5 Å². The molecule has 0 unspecified atom stereocenters. The number of nitriles is 2. The maximum absolute atomic E-state index is 11.5. The lowest BCUT2D eigenvalue weighted by Gasteiger charge is -2.27. The topological polar surface area (TPSA) is 180 Å². The van der Waals surface area contributed by atoms with Gasteiger partial charge >= 0.3 is 11.9 Å². The maximum Gasteiger partial charge on any atom is 0.310 e. The van der Waals surface area contributed by atoms with E-state index in [-0.39, 0.29) is 19.3 Å². The van der Waals surface area contributed by atoms with Crippen LogP contribution in [0.1, 0.15) is 32.1 Å². The Kier molecular flexibility index (Phi) is 7.64. The van der Waals surface area contributed by atoms with Crippen LogP contribution in [0.15, 0.2) is 0 Å². The average Bonchev–Trinajstić information content (AvgIpc) is 2.38. The number of carbonyl (C=O) groups is 4. The second-order valence-electron chi connectivity index (χ2n) is 4.51. The third-order valence-corrected chi connectivity index (χ3v) is 2.89. The van der Waals surface area contributed by atoms with Crippen LogP contribution in [0.5, 0.6) is 0 Å². The van der Waals surface area contributed by atoms with E-state index in [2.05, 4.69) is 0 Å². The van der Waals surface area contributed by atoms with E-state index in [1.807, 2.05) is 0 Å². The van der Waals surface area contributed by atoms with Gasteiger partial charge in [0.15, 0.2) is 12.4 Å². The molecule has 0 bridgehead atoms. The zero-order chi connectivity index (χ0) is 17.2. The number of nitrogens with zero attached hydrogens (tertiary/aromatic N) is 2. The molecule has 0 atom stereocenters. The van der Waals surface area contributed by atoms with Crippen LogP contribution in [0.25, 0.3) is 0 Å². The van der Waals surface area contributed by atoms with Gasteiger partial charge in [-0.05, 0) is 12.8 Å². The van der Waals surface area contributed by atoms with E-state index in [1.165, 1.54) is 12.4 Å². The lowest BCUT2D eigenvalue weighted by Crippen LogP contribution is -2.40. The van der Waals surface area contributed by atoms with Crippen LogP contribution in [0, 0.1) is 28.3 Å². The van der Waals surface area contributed by atoms with E-state index < -0.39 is 42.0 Å². The molecular weight excluding hydrogens is 296 g/mol. The van der Waals surface area contributed by atoms with Gasteiger partial charge in [-0.25, -0.2) is 0 Å².